The van der Waals surface area contributed by atoms with E-state index in [0.717, 1.165) is 0 Å². The van der Waals surface area contributed by atoms with E-state index in [-0.39, 0.29) is 17.8 Å². The molecule has 0 aliphatic rings. The van der Waals surface area contributed by atoms with Gasteiger partial charge in [0.25, 0.3) is 0 Å². The number of carbonyl (C=O) groups excluding carboxylic acids is 1. The highest BCUT2D eigenvalue weighted by Crippen LogP contribution is 2.26. The topological polar surface area (TPSA) is 91.0 Å². The zero-order valence-corrected chi connectivity index (χ0v) is 12.0. The van der Waals surface area contributed by atoms with Crippen molar-refractivity contribution >= 4 is 11.7 Å². The van der Waals surface area contributed by atoms with Gasteiger partial charge in [0.15, 0.2) is 5.84 Å². The zero-order chi connectivity index (χ0) is 14.3. The first kappa shape index (κ1) is 16.7. The normalized spacial score (nSPS) is 14.7. The van der Waals surface area contributed by atoms with Crippen LogP contribution in [0.4, 0.5) is 0 Å². The fraction of sp³-hybridized carbons (Fsp3) is 0.833. The number of amidine groups is 1. The molecule has 0 saturated carbocycles. The van der Waals surface area contributed by atoms with Crippen LogP contribution in [0.3, 0.4) is 0 Å². The van der Waals surface area contributed by atoms with E-state index in [4.69, 9.17) is 10.9 Å². The number of nitrogens with two attached hydrogens (primary N) is 1. The summed E-state index contributed by atoms with van der Waals surface area (Å²) in [6, 6.07) is 0.229. The molecule has 0 aliphatic heterocycles. The molecule has 0 aromatic heterocycles. The van der Waals surface area contributed by atoms with Crippen molar-refractivity contribution in [3.63, 3.8) is 0 Å². The van der Waals surface area contributed by atoms with Crippen molar-refractivity contribution in [3.8, 4) is 0 Å². The Morgan fingerprint density at radius 3 is 2.28 bits per heavy atom. The minimum absolute atomic E-state index is 0.0255. The number of amides is 1. The van der Waals surface area contributed by atoms with E-state index in [2.05, 4.69) is 10.5 Å². The molecule has 0 rings (SSSR count). The monoisotopic (exact) mass is 258 g/mol. The van der Waals surface area contributed by atoms with Gasteiger partial charge in [-0.05, 0) is 33.9 Å². The van der Waals surface area contributed by atoms with Gasteiger partial charge in [-0.3, -0.25) is 4.79 Å². The molecular formula is C12H26N4O2. The first-order valence-corrected chi connectivity index (χ1v) is 6.28. The number of rotatable bonds is 7. The van der Waals surface area contributed by atoms with Gasteiger partial charge < -0.3 is 21.2 Å². The second kappa shape index (κ2) is 7.20. The largest absolute Gasteiger partial charge is 0.409 e. The van der Waals surface area contributed by atoms with Crippen molar-refractivity contribution in [3.05, 3.63) is 0 Å². The highest BCUT2D eigenvalue weighted by atomic mass is 16.4. The predicted molar refractivity (Wildman–Crippen MR) is 72.6 cm³/mol. The maximum atomic E-state index is 12.3. The summed E-state index contributed by atoms with van der Waals surface area (Å²) in [5, 5.41) is 14.7. The van der Waals surface area contributed by atoms with Gasteiger partial charge in [0.2, 0.25) is 5.91 Å². The summed E-state index contributed by atoms with van der Waals surface area (Å²) in [5.41, 5.74) is 4.75. The Labute approximate surface area is 109 Å². The summed E-state index contributed by atoms with van der Waals surface area (Å²) in [5.74, 6) is -0.209. The number of hydrogen-bond acceptors (Lipinski definition) is 4. The third-order valence-corrected chi connectivity index (χ3v) is 3.68. The van der Waals surface area contributed by atoms with Gasteiger partial charge in [-0.25, -0.2) is 0 Å². The van der Waals surface area contributed by atoms with Crippen LogP contribution in [0.1, 0.15) is 33.6 Å². The molecule has 6 heteroatoms. The number of nitrogens with one attached hydrogen (secondary N) is 1. The summed E-state index contributed by atoms with van der Waals surface area (Å²) in [7, 11) is 3.90. The van der Waals surface area contributed by atoms with Gasteiger partial charge in [0.1, 0.15) is 5.41 Å². The average molecular weight is 258 g/mol. The Morgan fingerprint density at radius 1 is 1.44 bits per heavy atom. The van der Waals surface area contributed by atoms with Crippen LogP contribution in [-0.2, 0) is 4.79 Å². The van der Waals surface area contributed by atoms with Crippen LogP contribution < -0.4 is 11.1 Å². The average Bonchev–Trinajstić information content (AvgIpc) is 2.37. The van der Waals surface area contributed by atoms with E-state index >= 15 is 0 Å². The van der Waals surface area contributed by atoms with Crippen molar-refractivity contribution in [2.45, 2.75) is 39.7 Å². The van der Waals surface area contributed by atoms with Crippen molar-refractivity contribution in [2.24, 2.45) is 16.3 Å². The Bertz CT molecular complexity index is 298. The molecule has 0 aliphatic carbocycles. The fourth-order valence-corrected chi connectivity index (χ4v) is 1.74. The first-order chi connectivity index (χ1) is 8.35. The predicted octanol–water partition coefficient (Wildman–Crippen LogP) is 0.606. The second-order valence-corrected chi connectivity index (χ2v) is 4.80. The Morgan fingerprint density at radius 2 is 1.94 bits per heavy atom. The molecule has 0 radical (unpaired) electrons. The van der Waals surface area contributed by atoms with Crippen LogP contribution in [0.25, 0.3) is 0 Å². The van der Waals surface area contributed by atoms with Gasteiger partial charge in [-0.1, -0.05) is 19.0 Å². The van der Waals surface area contributed by atoms with Crippen LogP contribution in [0.2, 0.25) is 0 Å². The maximum absolute atomic E-state index is 12.3. The zero-order valence-electron chi connectivity index (χ0n) is 12.0. The molecule has 6 nitrogen and oxygen atoms in total. The van der Waals surface area contributed by atoms with Crippen LogP contribution in [0, 0.1) is 5.41 Å². The minimum Gasteiger partial charge on any atom is -0.409 e. The Balaban J connectivity index is 4.80. The summed E-state index contributed by atoms with van der Waals surface area (Å²) >= 11 is 0. The third kappa shape index (κ3) is 3.60. The van der Waals surface area contributed by atoms with Gasteiger partial charge in [-0.2, -0.15) is 0 Å². The second-order valence-electron chi connectivity index (χ2n) is 4.80. The highest BCUT2D eigenvalue weighted by molar-refractivity contribution is 6.06. The molecule has 0 spiro atoms. The van der Waals surface area contributed by atoms with Crippen molar-refractivity contribution in [1.82, 2.24) is 10.2 Å². The molecule has 1 atom stereocenters. The van der Waals surface area contributed by atoms with Crippen LogP contribution in [-0.4, -0.2) is 48.5 Å². The molecule has 0 heterocycles. The minimum atomic E-state index is -0.916. The molecule has 18 heavy (non-hydrogen) atoms. The summed E-state index contributed by atoms with van der Waals surface area (Å²) in [4.78, 5) is 14.3. The molecular weight excluding hydrogens is 232 g/mol. The lowest BCUT2D eigenvalue weighted by atomic mass is 9.80. The van der Waals surface area contributed by atoms with E-state index in [1.807, 2.05) is 39.8 Å². The number of carbonyl (C=O) groups is 1. The molecule has 106 valence electrons. The standard InChI is InChI=1S/C12H26N4O2/c1-6-12(7-2,10(13)15-18)11(17)14-8-9(3)16(4)5/h9,18H,6-8H2,1-5H3,(H2,13,15)(H,14,17). The van der Waals surface area contributed by atoms with Gasteiger partial charge in [0.05, 0.1) is 0 Å². The van der Waals surface area contributed by atoms with E-state index in [1.165, 1.54) is 0 Å². The Hall–Kier alpha value is -1.30. The fourth-order valence-electron chi connectivity index (χ4n) is 1.74. The number of hydrogen-bond donors (Lipinski definition) is 3. The quantitative estimate of drug-likeness (QED) is 0.270. The SMILES string of the molecule is CCC(CC)(C(=O)NCC(C)N(C)C)C(N)=NO. The summed E-state index contributed by atoms with van der Waals surface area (Å²) in [6.07, 6.45) is 1.00. The van der Waals surface area contributed by atoms with Gasteiger partial charge in [-0.15, -0.1) is 0 Å². The van der Waals surface area contributed by atoms with Gasteiger partial charge >= 0.3 is 0 Å². The maximum Gasteiger partial charge on any atom is 0.233 e. The van der Waals surface area contributed by atoms with Crippen molar-refractivity contribution in [1.29, 1.82) is 0 Å². The molecule has 0 fully saturated rings. The van der Waals surface area contributed by atoms with E-state index in [0.29, 0.717) is 19.4 Å². The highest BCUT2D eigenvalue weighted by Gasteiger charge is 2.39. The number of nitrogens with zero attached hydrogens (tertiary/aromatic N) is 2. The smallest absolute Gasteiger partial charge is 0.233 e. The number of oxime groups is 1. The van der Waals surface area contributed by atoms with E-state index < -0.39 is 5.41 Å². The number of likely N-dealkylation sites (N-methyl/N-ethyl adjacent to an activating group) is 1. The van der Waals surface area contributed by atoms with Gasteiger partial charge in [0, 0.05) is 12.6 Å². The lowest BCUT2D eigenvalue weighted by Gasteiger charge is -2.30. The van der Waals surface area contributed by atoms with Crippen molar-refractivity contribution < 1.29 is 10.0 Å². The summed E-state index contributed by atoms with van der Waals surface area (Å²) in [6.45, 7) is 6.27. The lowest BCUT2D eigenvalue weighted by Crippen LogP contribution is -2.51. The lowest BCUT2D eigenvalue weighted by molar-refractivity contribution is -0.128. The molecule has 0 saturated heterocycles. The molecule has 1 unspecified atom stereocenters. The molecule has 1 amide bonds. The van der Waals surface area contributed by atoms with Crippen LogP contribution in [0.15, 0.2) is 5.16 Å². The molecule has 4 N–H and O–H groups in total. The van der Waals surface area contributed by atoms with Crippen LogP contribution in [0.5, 0.6) is 0 Å². The first-order valence-electron chi connectivity index (χ1n) is 6.28. The van der Waals surface area contributed by atoms with Crippen molar-refractivity contribution in [2.75, 3.05) is 20.6 Å². The summed E-state index contributed by atoms with van der Waals surface area (Å²) < 4.78 is 0. The molecule has 0 aromatic carbocycles. The molecule has 0 bridgehead atoms. The van der Waals surface area contributed by atoms with E-state index in [1.54, 1.807) is 0 Å². The van der Waals surface area contributed by atoms with Crippen LogP contribution >= 0.6 is 0 Å². The Kier molecular flexibility index (Phi) is 6.68. The molecule has 0 aromatic rings. The van der Waals surface area contributed by atoms with E-state index in [9.17, 15) is 4.79 Å². The third-order valence-electron chi connectivity index (χ3n) is 3.68.